The molecule has 0 radical (unpaired) electrons. The van der Waals surface area contributed by atoms with Crippen LogP contribution in [0.25, 0.3) is 0 Å². The molecule has 0 spiro atoms. The largest absolute Gasteiger partial charge is 0.390 e. The number of nitrogens with zero attached hydrogens (tertiary/aromatic N) is 2. The van der Waals surface area contributed by atoms with E-state index in [1.165, 1.54) is 0 Å². The Morgan fingerprint density at radius 3 is 2.72 bits per heavy atom. The fraction of sp³-hybridized carbons (Fsp3) is 0.643. The summed E-state index contributed by atoms with van der Waals surface area (Å²) in [5, 5.41) is 19.5. The van der Waals surface area contributed by atoms with Gasteiger partial charge in [-0.3, -0.25) is 4.98 Å². The Kier molecular flexibility index (Phi) is 3.88. The molecule has 100 valence electrons. The van der Waals surface area contributed by atoms with Crippen LogP contribution >= 0.6 is 0 Å². The van der Waals surface area contributed by atoms with Crippen LogP contribution in [0.15, 0.2) is 18.3 Å². The van der Waals surface area contributed by atoms with Crippen LogP contribution in [0.5, 0.6) is 0 Å². The monoisotopic (exact) mass is 250 g/mol. The van der Waals surface area contributed by atoms with Gasteiger partial charge in [-0.15, -0.1) is 0 Å². The predicted octanol–water partition coefficient (Wildman–Crippen LogP) is 1.88. The molecule has 0 aromatic carbocycles. The molecule has 1 aliphatic heterocycles. The SMILES string of the molecule is CC(O)c1ccc(N2CCCC(C)(O)CC2)cn1. The Labute approximate surface area is 108 Å². The second kappa shape index (κ2) is 5.24. The van der Waals surface area contributed by atoms with Crippen molar-refractivity contribution in [3.63, 3.8) is 0 Å². The summed E-state index contributed by atoms with van der Waals surface area (Å²) in [6.07, 6.45) is 3.91. The second-order valence-corrected chi connectivity index (χ2v) is 5.45. The molecule has 2 rings (SSSR count). The molecule has 4 nitrogen and oxygen atoms in total. The molecule has 2 N–H and O–H groups in total. The van der Waals surface area contributed by atoms with Crippen molar-refractivity contribution in [1.29, 1.82) is 0 Å². The van der Waals surface area contributed by atoms with Gasteiger partial charge >= 0.3 is 0 Å². The van der Waals surface area contributed by atoms with Crippen LogP contribution in [-0.4, -0.2) is 33.9 Å². The van der Waals surface area contributed by atoms with Crippen molar-refractivity contribution >= 4 is 5.69 Å². The van der Waals surface area contributed by atoms with Crippen molar-refractivity contribution in [2.45, 2.75) is 44.8 Å². The maximum absolute atomic E-state index is 10.1. The zero-order chi connectivity index (χ0) is 13.2. The number of aromatic nitrogens is 1. The van der Waals surface area contributed by atoms with Gasteiger partial charge in [0.1, 0.15) is 0 Å². The normalized spacial score (nSPS) is 26.8. The molecule has 0 aliphatic carbocycles. The van der Waals surface area contributed by atoms with Gasteiger partial charge in [0.2, 0.25) is 0 Å². The topological polar surface area (TPSA) is 56.6 Å². The summed E-state index contributed by atoms with van der Waals surface area (Å²) < 4.78 is 0. The van der Waals surface area contributed by atoms with E-state index in [-0.39, 0.29) is 0 Å². The van der Waals surface area contributed by atoms with Crippen LogP contribution in [0.3, 0.4) is 0 Å². The first-order valence-corrected chi connectivity index (χ1v) is 6.59. The maximum atomic E-state index is 10.1. The van der Waals surface area contributed by atoms with Gasteiger partial charge in [-0.05, 0) is 45.2 Å². The Morgan fingerprint density at radius 2 is 2.11 bits per heavy atom. The Morgan fingerprint density at radius 1 is 1.33 bits per heavy atom. The molecule has 1 aromatic rings. The molecule has 0 amide bonds. The molecule has 0 saturated carbocycles. The minimum atomic E-state index is -0.540. The molecule has 4 heteroatoms. The highest BCUT2D eigenvalue weighted by molar-refractivity contribution is 5.44. The van der Waals surface area contributed by atoms with Gasteiger partial charge in [-0.25, -0.2) is 0 Å². The molecule has 2 heterocycles. The van der Waals surface area contributed by atoms with Crippen molar-refractivity contribution in [3.05, 3.63) is 24.0 Å². The maximum Gasteiger partial charge on any atom is 0.0931 e. The molecular formula is C14H22N2O2. The summed E-state index contributed by atoms with van der Waals surface area (Å²) >= 11 is 0. The summed E-state index contributed by atoms with van der Waals surface area (Å²) in [4.78, 5) is 6.52. The third-order valence-corrected chi connectivity index (χ3v) is 3.63. The van der Waals surface area contributed by atoms with Gasteiger partial charge in [-0.1, -0.05) is 0 Å². The fourth-order valence-corrected chi connectivity index (χ4v) is 2.35. The van der Waals surface area contributed by atoms with E-state index in [2.05, 4.69) is 9.88 Å². The predicted molar refractivity (Wildman–Crippen MR) is 71.6 cm³/mol. The summed E-state index contributed by atoms with van der Waals surface area (Å²) in [7, 11) is 0. The van der Waals surface area contributed by atoms with Gasteiger partial charge in [-0.2, -0.15) is 0 Å². The van der Waals surface area contributed by atoms with Crippen LogP contribution in [0, 0.1) is 0 Å². The number of rotatable bonds is 2. The Hall–Kier alpha value is -1.13. The van der Waals surface area contributed by atoms with E-state index < -0.39 is 11.7 Å². The molecule has 18 heavy (non-hydrogen) atoms. The smallest absolute Gasteiger partial charge is 0.0931 e. The number of hydrogen-bond donors (Lipinski definition) is 2. The van der Waals surface area contributed by atoms with E-state index in [0.717, 1.165) is 38.0 Å². The van der Waals surface area contributed by atoms with E-state index in [0.29, 0.717) is 5.69 Å². The lowest BCUT2D eigenvalue weighted by atomic mass is 9.98. The number of hydrogen-bond acceptors (Lipinski definition) is 4. The minimum absolute atomic E-state index is 0.524. The lowest BCUT2D eigenvalue weighted by Gasteiger charge is -2.24. The van der Waals surface area contributed by atoms with E-state index in [1.54, 1.807) is 6.92 Å². The lowest BCUT2D eigenvalue weighted by Crippen LogP contribution is -2.28. The van der Waals surface area contributed by atoms with Gasteiger partial charge < -0.3 is 15.1 Å². The molecule has 1 fully saturated rings. The highest BCUT2D eigenvalue weighted by atomic mass is 16.3. The number of aliphatic hydroxyl groups is 2. The van der Waals surface area contributed by atoms with Crippen LogP contribution in [0.2, 0.25) is 0 Å². The average Bonchev–Trinajstić information content (AvgIpc) is 2.50. The zero-order valence-electron chi connectivity index (χ0n) is 11.1. The first-order chi connectivity index (χ1) is 8.48. The minimum Gasteiger partial charge on any atom is -0.390 e. The number of anilines is 1. The van der Waals surface area contributed by atoms with Crippen molar-refractivity contribution in [1.82, 2.24) is 4.98 Å². The summed E-state index contributed by atoms with van der Waals surface area (Å²) in [5.41, 5.74) is 1.22. The van der Waals surface area contributed by atoms with Crippen LogP contribution < -0.4 is 4.90 Å². The van der Waals surface area contributed by atoms with Crippen LogP contribution in [-0.2, 0) is 0 Å². The van der Waals surface area contributed by atoms with Crippen molar-refractivity contribution < 1.29 is 10.2 Å². The van der Waals surface area contributed by atoms with E-state index >= 15 is 0 Å². The average molecular weight is 250 g/mol. The highest BCUT2D eigenvalue weighted by Gasteiger charge is 2.25. The van der Waals surface area contributed by atoms with Gasteiger partial charge in [0.05, 0.1) is 29.3 Å². The summed E-state index contributed by atoms with van der Waals surface area (Å²) in [6, 6.07) is 3.86. The molecule has 1 aromatic heterocycles. The van der Waals surface area contributed by atoms with Crippen LogP contribution in [0.1, 0.15) is 44.9 Å². The first-order valence-electron chi connectivity index (χ1n) is 6.59. The van der Waals surface area contributed by atoms with Crippen molar-refractivity contribution in [2.24, 2.45) is 0 Å². The molecule has 1 saturated heterocycles. The molecule has 1 aliphatic rings. The fourth-order valence-electron chi connectivity index (χ4n) is 2.35. The van der Waals surface area contributed by atoms with Gasteiger partial charge in [0.25, 0.3) is 0 Å². The third kappa shape index (κ3) is 3.21. The Bertz CT molecular complexity index is 387. The van der Waals surface area contributed by atoms with Crippen molar-refractivity contribution in [3.8, 4) is 0 Å². The summed E-state index contributed by atoms with van der Waals surface area (Å²) in [5.74, 6) is 0. The molecule has 0 bridgehead atoms. The van der Waals surface area contributed by atoms with Gasteiger partial charge in [0.15, 0.2) is 0 Å². The Balaban J connectivity index is 2.07. The van der Waals surface area contributed by atoms with Gasteiger partial charge in [0, 0.05) is 13.1 Å². The lowest BCUT2D eigenvalue weighted by molar-refractivity contribution is 0.0481. The second-order valence-electron chi connectivity index (χ2n) is 5.45. The third-order valence-electron chi connectivity index (χ3n) is 3.63. The standard InChI is InChI=1S/C14H22N2O2/c1-11(17)13-5-4-12(10-15-13)16-8-3-6-14(2,18)7-9-16/h4-5,10-11,17-18H,3,6-9H2,1-2H3. The van der Waals surface area contributed by atoms with Crippen LogP contribution in [0.4, 0.5) is 5.69 Å². The quantitative estimate of drug-likeness (QED) is 0.841. The first kappa shape index (κ1) is 13.3. The van der Waals surface area contributed by atoms with Crippen molar-refractivity contribution in [2.75, 3.05) is 18.0 Å². The number of aliphatic hydroxyl groups excluding tert-OH is 1. The van der Waals surface area contributed by atoms with E-state index in [4.69, 9.17) is 0 Å². The van der Waals surface area contributed by atoms with E-state index in [1.807, 2.05) is 25.3 Å². The zero-order valence-corrected chi connectivity index (χ0v) is 11.1. The molecular weight excluding hydrogens is 228 g/mol. The number of pyridine rings is 1. The summed E-state index contributed by atoms with van der Waals surface area (Å²) in [6.45, 7) is 5.42. The highest BCUT2D eigenvalue weighted by Crippen LogP contribution is 2.25. The molecule has 2 unspecified atom stereocenters. The molecule has 2 atom stereocenters. The van der Waals surface area contributed by atoms with E-state index in [9.17, 15) is 10.2 Å².